The molecular weight excluding hydrogens is 264 g/mol. The highest BCUT2D eigenvalue weighted by Crippen LogP contribution is 2.15. The van der Waals surface area contributed by atoms with Gasteiger partial charge in [-0.2, -0.15) is 0 Å². The second kappa shape index (κ2) is 7.89. The van der Waals surface area contributed by atoms with Crippen molar-refractivity contribution < 1.29 is 14.7 Å². The van der Waals surface area contributed by atoms with Crippen LogP contribution in [0, 0.1) is 12.8 Å². The fraction of sp³-hybridized carbons (Fsp3) is 0.615. The second-order valence-electron chi connectivity index (χ2n) is 4.52. The summed E-state index contributed by atoms with van der Waals surface area (Å²) in [6, 6.07) is 0. The molecule has 0 aliphatic rings. The van der Waals surface area contributed by atoms with E-state index < -0.39 is 5.97 Å². The van der Waals surface area contributed by atoms with Crippen LogP contribution in [0.3, 0.4) is 0 Å². The Bertz CT molecular complexity index is 431. The highest BCUT2D eigenvalue weighted by atomic mass is 32.1. The topological polar surface area (TPSA) is 79.3 Å². The lowest BCUT2D eigenvalue weighted by Gasteiger charge is -2.13. The standard InChI is InChI=1S/C13H20N2O3S/c1-3-10(4-5-11(16)17)6-7-14-13(18)12-9(2)15-8-19-12/h8,10H,3-7H2,1-2H3,(H,14,18)(H,16,17). The predicted octanol–water partition coefficient (Wildman–Crippen LogP) is 2.46. The van der Waals surface area contributed by atoms with Gasteiger partial charge in [0, 0.05) is 13.0 Å². The zero-order chi connectivity index (χ0) is 14.3. The molecule has 1 aromatic rings. The molecule has 5 nitrogen and oxygen atoms in total. The van der Waals surface area contributed by atoms with Gasteiger partial charge in [0.15, 0.2) is 0 Å². The molecule has 1 atom stereocenters. The zero-order valence-corrected chi connectivity index (χ0v) is 12.1. The molecule has 1 rings (SSSR count). The molecule has 0 aliphatic carbocycles. The number of aliphatic carboxylic acids is 1. The number of carbonyl (C=O) groups is 2. The van der Waals surface area contributed by atoms with E-state index in [-0.39, 0.29) is 12.3 Å². The summed E-state index contributed by atoms with van der Waals surface area (Å²) in [5.41, 5.74) is 2.41. The normalized spacial score (nSPS) is 12.1. The van der Waals surface area contributed by atoms with E-state index in [1.807, 2.05) is 13.8 Å². The Morgan fingerprint density at radius 3 is 2.74 bits per heavy atom. The molecule has 6 heteroatoms. The highest BCUT2D eigenvalue weighted by molar-refractivity contribution is 7.11. The minimum absolute atomic E-state index is 0.0897. The summed E-state index contributed by atoms with van der Waals surface area (Å²) >= 11 is 1.34. The van der Waals surface area contributed by atoms with Gasteiger partial charge < -0.3 is 10.4 Å². The van der Waals surface area contributed by atoms with Crippen LogP contribution in [0.4, 0.5) is 0 Å². The Labute approximate surface area is 117 Å². The number of nitrogens with one attached hydrogen (secondary N) is 1. The van der Waals surface area contributed by atoms with Gasteiger partial charge in [0.2, 0.25) is 0 Å². The number of nitrogens with zero attached hydrogens (tertiary/aromatic N) is 1. The molecule has 1 aromatic heterocycles. The molecular formula is C13H20N2O3S. The second-order valence-corrected chi connectivity index (χ2v) is 5.37. The SMILES string of the molecule is CCC(CCNC(=O)c1scnc1C)CCC(=O)O. The fourth-order valence-electron chi connectivity index (χ4n) is 1.87. The van der Waals surface area contributed by atoms with Crippen molar-refractivity contribution in [1.82, 2.24) is 10.3 Å². The van der Waals surface area contributed by atoms with E-state index in [1.54, 1.807) is 5.51 Å². The molecule has 1 heterocycles. The highest BCUT2D eigenvalue weighted by Gasteiger charge is 2.13. The van der Waals surface area contributed by atoms with Gasteiger partial charge >= 0.3 is 5.97 Å². The van der Waals surface area contributed by atoms with Crippen molar-refractivity contribution in [2.75, 3.05) is 6.54 Å². The Kier molecular flexibility index (Phi) is 6.49. The van der Waals surface area contributed by atoms with Crippen molar-refractivity contribution in [2.24, 2.45) is 5.92 Å². The van der Waals surface area contributed by atoms with Gasteiger partial charge in [-0.25, -0.2) is 4.98 Å². The number of rotatable bonds is 8. The van der Waals surface area contributed by atoms with E-state index in [1.165, 1.54) is 11.3 Å². The van der Waals surface area contributed by atoms with Crippen LogP contribution in [0.2, 0.25) is 0 Å². The molecule has 0 aromatic carbocycles. The molecule has 0 saturated heterocycles. The molecule has 106 valence electrons. The van der Waals surface area contributed by atoms with Crippen molar-refractivity contribution in [3.8, 4) is 0 Å². The van der Waals surface area contributed by atoms with Crippen LogP contribution in [0.1, 0.15) is 48.0 Å². The molecule has 0 bridgehead atoms. The summed E-state index contributed by atoms with van der Waals surface area (Å²) in [4.78, 5) is 27.0. The number of thiazole rings is 1. The van der Waals surface area contributed by atoms with Crippen molar-refractivity contribution in [3.05, 3.63) is 16.1 Å². The zero-order valence-electron chi connectivity index (χ0n) is 11.3. The van der Waals surface area contributed by atoms with Crippen LogP contribution in [-0.2, 0) is 4.79 Å². The van der Waals surface area contributed by atoms with E-state index >= 15 is 0 Å². The number of hydrogen-bond acceptors (Lipinski definition) is 4. The molecule has 0 radical (unpaired) electrons. The third kappa shape index (κ3) is 5.38. The number of carboxylic acids is 1. The van der Waals surface area contributed by atoms with Gasteiger partial charge in [0.25, 0.3) is 5.91 Å². The van der Waals surface area contributed by atoms with Crippen LogP contribution >= 0.6 is 11.3 Å². The van der Waals surface area contributed by atoms with Gasteiger partial charge in [0.05, 0.1) is 11.2 Å². The number of hydrogen-bond donors (Lipinski definition) is 2. The van der Waals surface area contributed by atoms with Crippen molar-refractivity contribution in [2.45, 2.75) is 39.5 Å². The van der Waals surface area contributed by atoms with E-state index in [0.29, 0.717) is 23.8 Å². The smallest absolute Gasteiger partial charge is 0.303 e. The van der Waals surface area contributed by atoms with E-state index in [0.717, 1.165) is 18.5 Å². The Balaban J connectivity index is 2.30. The average Bonchev–Trinajstić information content (AvgIpc) is 2.79. The third-order valence-electron chi connectivity index (χ3n) is 3.13. The first-order valence-electron chi connectivity index (χ1n) is 6.44. The van der Waals surface area contributed by atoms with Crippen LogP contribution in [0.5, 0.6) is 0 Å². The average molecular weight is 284 g/mol. The maximum atomic E-state index is 11.8. The molecule has 19 heavy (non-hydrogen) atoms. The molecule has 1 amide bonds. The summed E-state index contributed by atoms with van der Waals surface area (Å²) in [5.74, 6) is -0.505. The Hall–Kier alpha value is -1.43. The first kappa shape index (κ1) is 15.6. The number of aryl methyl sites for hydroxylation is 1. The Morgan fingerprint density at radius 1 is 1.47 bits per heavy atom. The molecule has 2 N–H and O–H groups in total. The fourth-order valence-corrected chi connectivity index (χ4v) is 2.59. The van der Waals surface area contributed by atoms with E-state index in [2.05, 4.69) is 10.3 Å². The minimum atomic E-state index is -0.761. The van der Waals surface area contributed by atoms with Crippen LogP contribution in [-0.4, -0.2) is 28.5 Å². The van der Waals surface area contributed by atoms with Gasteiger partial charge in [-0.3, -0.25) is 9.59 Å². The van der Waals surface area contributed by atoms with Gasteiger partial charge in [-0.1, -0.05) is 13.3 Å². The lowest BCUT2D eigenvalue weighted by molar-refractivity contribution is -0.137. The van der Waals surface area contributed by atoms with Crippen molar-refractivity contribution in [1.29, 1.82) is 0 Å². The number of carboxylic acid groups (broad SMARTS) is 1. The lowest BCUT2D eigenvalue weighted by Crippen LogP contribution is -2.25. The molecule has 1 unspecified atom stereocenters. The van der Waals surface area contributed by atoms with Crippen molar-refractivity contribution >= 4 is 23.2 Å². The number of aromatic nitrogens is 1. The van der Waals surface area contributed by atoms with E-state index in [9.17, 15) is 9.59 Å². The quantitative estimate of drug-likeness (QED) is 0.768. The third-order valence-corrected chi connectivity index (χ3v) is 4.06. The molecule has 0 spiro atoms. The summed E-state index contributed by atoms with van der Waals surface area (Å²) in [6.07, 6.45) is 2.61. The van der Waals surface area contributed by atoms with Crippen LogP contribution in [0.15, 0.2) is 5.51 Å². The number of carbonyl (C=O) groups excluding carboxylic acids is 1. The van der Waals surface area contributed by atoms with Crippen LogP contribution in [0.25, 0.3) is 0 Å². The summed E-state index contributed by atoms with van der Waals surface area (Å²) in [5, 5.41) is 11.5. The number of amides is 1. The maximum absolute atomic E-state index is 11.8. The predicted molar refractivity (Wildman–Crippen MR) is 74.5 cm³/mol. The summed E-state index contributed by atoms with van der Waals surface area (Å²) in [6.45, 7) is 4.43. The first-order valence-corrected chi connectivity index (χ1v) is 7.32. The molecule has 0 fully saturated rings. The van der Waals surface area contributed by atoms with Gasteiger partial charge in [-0.05, 0) is 25.7 Å². The monoisotopic (exact) mass is 284 g/mol. The van der Waals surface area contributed by atoms with Crippen LogP contribution < -0.4 is 5.32 Å². The largest absolute Gasteiger partial charge is 0.481 e. The van der Waals surface area contributed by atoms with Crippen molar-refractivity contribution in [3.63, 3.8) is 0 Å². The van der Waals surface area contributed by atoms with Gasteiger partial charge in [-0.15, -0.1) is 11.3 Å². The molecule has 0 saturated carbocycles. The maximum Gasteiger partial charge on any atom is 0.303 e. The first-order chi connectivity index (χ1) is 9.04. The summed E-state index contributed by atoms with van der Waals surface area (Å²) < 4.78 is 0. The Morgan fingerprint density at radius 2 is 2.21 bits per heavy atom. The lowest BCUT2D eigenvalue weighted by atomic mass is 9.97. The van der Waals surface area contributed by atoms with Gasteiger partial charge in [0.1, 0.15) is 4.88 Å². The molecule has 0 aliphatic heterocycles. The minimum Gasteiger partial charge on any atom is -0.481 e. The van der Waals surface area contributed by atoms with E-state index in [4.69, 9.17) is 5.11 Å². The summed E-state index contributed by atoms with van der Waals surface area (Å²) in [7, 11) is 0.